The molecule has 1 aliphatic heterocycles. The van der Waals surface area contributed by atoms with Crippen molar-refractivity contribution in [1.82, 2.24) is 9.62 Å². The standard InChI is InChI=1S/C16H25N3O6S2/c1-16(2)11-26(21,22)19(15(16)20)12-6-7-13(25-5)14(10-12)27(23,24)17-8-9-18(3)4/h6-7,10,17H,8-9,11H2,1-5H3. The highest BCUT2D eigenvalue weighted by Crippen LogP contribution is 2.38. The summed E-state index contributed by atoms with van der Waals surface area (Å²) in [6.45, 7) is 3.72. The summed E-state index contributed by atoms with van der Waals surface area (Å²) in [6.07, 6.45) is 0. The molecule has 0 atom stereocenters. The highest BCUT2D eigenvalue weighted by atomic mass is 32.2. The van der Waals surface area contributed by atoms with Crippen LogP contribution in [-0.2, 0) is 24.8 Å². The fraction of sp³-hybridized carbons (Fsp3) is 0.562. The monoisotopic (exact) mass is 419 g/mol. The van der Waals surface area contributed by atoms with Crippen molar-refractivity contribution in [2.24, 2.45) is 5.41 Å². The highest BCUT2D eigenvalue weighted by molar-refractivity contribution is 7.94. The van der Waals surface area contributed by atoms with E-state index in [9.17, 15) is 21.6 Å². The van der Waals surface area contributed by atoms with Crippen molar-refractivity contribution in [2.75, 3.05) is 44.4 Å². The van der Waals surface area contributed by atoms with Gasteiger partial charge in [0.25, 0.3) is 0 Å². The Kier molecular flexibility index (Phi) is 5.91. The lowest BCUT2D eigenvalue weighted by molar-refractivity contribution is -0.123. The molecular formula is C16H25N3O6S2. The first kappa shape index (κ1) is 21.6. The van der Waals surface area contributed by atoms with Crippen LogP contribution in [-0.4, -0.2) is 67.7 Å². The van der Waals surface area contributed by atoms with Crippen LogP contribution in [0, 0.1) is 5.41 Å². The number of carbonyl (C=O) groups is 1. The number of ether oxygens (including phenoxy) is 1. The van der Waals surface area contributed by atoms with Crippen molar-refractivity contribution < 1.29 is 26.4 Å². The van der Waals surface area contributed by atoms with Gasteiger partial charge in [0, 0.05) is 13.1 Å². The van der Waals surface area contributed by atoms with Gasteiger partial charge in [-0.3, -0.25) is 4.79 Å². The maximum Gasteiger partial charge on any atom is 0.247 e. The van der Waals surface area contributed by atoms with Crippen LogP contribution in [0.5, 0.6) is 5.75 Å². The van der Waals surface area contributed by atoms with Crippen LogP contribution >= 0.6 is 0 Å². The maximum atomic E-state index is 12.7. The van der Waals surface area contributed by atoms with Crippen LogP contribution in [0.25, 0.3) is 0 Å². The third kappa shape index (κ3) is 4.42. The molecule has 152 valence electrons. The quantitative estimate of drug-likeness (QED) is 0.673. The third-order valence-corrected chi connectivity index (χ3v) is 7.61. The van der Waals surface area contributed by atoms with Crippen molar-refractivity contribution in [3.63, 3.8) is 0 Å². The predicted molar refractivity (Wildman–Crippen MR) is 102 cm³/mol. The molecule has 2 rings (SSSR count). The zero-order valence-corrected chi connectivity index (χ0v) is 17.6. The lowest BCUT2D eigenvalue weighted by atomic mass is 9.95. The van der Waals surface area contributed by atoms with Gasteiger partial charge in [-0.25, -0.2) is 25.9 Å². The molecule has 1 fully saturated rings. The van der Waals surface area contributed by atoms with Gasteiger partial charge in [0.1, 0.15) is 10.6 Å². The second kappa shape index (κ2) is 7.38. The number of sulfonamides is 2. The van der Waals surface area contributed by atoms with Crippen molar-refractivity contribution >= 4 is 31.6 Å². The molecule has 0 saturated carbocycles. The summed E-state index contributed by atoms with van der Waals surface area (Å²) in [5, 5.41) is 0. The van der Waals surface area contributed by atoms with E-state index in [4.69, 9.17) is 4.74 Å². The number of likely N-dealkylation sites (N-methyl/N-ethyl adjacent to an activating group) is 1. The molecule has 1 saturated heterocycles. The molecule has 1 aliphatic rings. The number of rotatable bonds is 7. The lowest BCUT2D eigenvalue weighted by Crippen LogP contribution is -2.34. The van der Waals surface area contributed by atoms with Gasteiger partial charge in [0.05, 0.1) is 24.0 Å². The van der Waals surface area contributed by atoms with Gasteiger partial charge in [-0.05, 0) is 46.1 Å². The van der Waals surface area contributed by atoms with Crippen molar-refractivity contribution in [3.05, 3.63) is 18.2 Å². The van der Waals surface area contributed by atoms with E-state index in [1.807, 2.05) is 4.90 Å². The first-order valence-corrected chi connectivity index (χ1v) is 11.3. The summed E-state index contributed by atoms with van der Waals surface area (Å²) in [5.41, 5.74) is -1.11. The zero-order valence-electron chi connectivity index (χ0n) is 16.0. The Morgan fingerprint density at radius 2 is 1.93 bits per heavy atom. The fourth-order valence-electron chi connectivity index (χ4n) is 2.74. The Morgan fingerprint density at radius 1 is 1.30 bits per heavy atom. The molecule has 0 unspecified atom stereocenters. The minimum absolute atomic E-state index is 0.0284. The SMILES string of the molecule is COc1ccc(N2C(=O)C(C)(C)CS2(=O)=O)cc1S(=O)(=O)NCCN(C)C. The Hall–Kier alpha value is -1.69. The average molecular weight is 420 g/mol. The number of benzene rings is 1. The van der Waals surface area contributed by atoms with Gasteiger partial charge in [-0.1, -0.05) is 0 Å². The van der Waals surface area contributed by atoms with E-state index in [-0.39, 0.29) is 28.6 Å². The minimum atomic E-state index is -3.97. The van der Waals surface area contributed by atoms with E-state index < -0.39 is 31.4 Å². The van der Waals surface area contributed by atoms with E-state index in [0.29, 0.717) is 10.8 Å². The van der Waals surface area contributed by atoms with Crippen LogP contribution < -0.4 is 13.8 Å². The molecule has 0 aliphatic carbocycles. The molecule has 0 bridgehead atoms. The predicted octanol–water partition coefficient (Wildman–Crippen LogP) is 0.238. The maximum absolute atomic E-state index is 12.7. The van der Waals surface area contributed by atoms with Gasteiger partial charge >= 0.3 is 0 Å². The normalized spacial score (nSPS) is 18.9. The molecular weight excluding hydrogens is 394 g/mol. The summed E-state index contributed by atoms with van der Waals surface area (Å²) in [4.78, 5) is 14.1. The molecule has 0 spiro atoms. The molecule has 9 nitrogen and oxygen atoms in total. The van der Waals surface area contributed by atoms with E-state index in [1.54, 1.807) is 14.1 Å². The van der Waals surface area contributed by atoms with Gasteiger partial charge in [-0.15, -0.1) is 0 Å². The van der Waals surface area contributed by atoms with E-state index in [2.05, 4.69) is 4.72 Å². The molecule has 11 heteroatoms. The third-order valence-electron chi connectivity index (χ3n) is 4.11. The lowest BCUT2D eigenvalue weighted by Gasteiger charge is -2.19. The van der Waals surface area contributed by atoms with E-state index in [0.717, 1.165) is 6.07 Å². The number of nitrogens with zero attached hydrogens (tertiary/aromatic N) is 2. The number of amides is 1. The van der Waals surface area contributed by atoms with Crippen molar-refractivity contribution in [2.45, 2.75) is 18.7 Å². The van der Waals surface area contributed by atoms with Crippen molar-refractivity contribution in [3.8, 4) is 5.75 Å². The molecule has 27 heavy (non-hydrogen) atoms. The number of nitrogens with one attached hydrogen (secondary N) is 1. The van der Waals surface area contributed by atoms with Gasteiger partial charge < -0.3 is 9.64 Å². The fourth-order valence-corrected chi connectivity index (χ4v) is 6.05. The topological polar surface area (TPSA) is 113 Å². The Labute approximate surface area is 160 Å². The van der Waals surface area contributed by atoms with Crippen molar-refractivity contribution in [1.29, 1.82) is 0 Å². The van der Waals surface area contributed by atoms with Gasteiger partial charge in [0.15, 0.2) is 0 Å². The summed E-state index contributed by atoms with van der Waals surface area (Å²) in [5.74, 6) is -0.885. The summed E-state index contributed by atoms with van der Waals surface area (Å²) in [7, 11) is -2.93. The molecule has 1 heterocycles. The van der Waals surface area contributed by atoms with Crippen LogP contribution in [0.3, 0.4) is 0 Å². The van der Waals surface area contributed by atoms with Gasteiger partial charge in [-0.2, -0.15) is 0 Å². The van der Waals surface area contributed by atoms with Crippen LogP contribution in [0.1, 0.15) is 13.8 Å². The van der Waals surface area contributed by atoms with Crippen LogP contribution in [0.4, 0.5) is 5.69 Å². The molecule has 1 N–H and O–H groups in total. The molecule has 1 aromatic rings. The second-order valence-electron chi connectivity index (χ2n) is 7.25. The van der Waals surface area contributed by atoms with Crippen LogP contribution in [0.2, 0.25) is 0 Å². The van der Waals surface area contributed by atoms with E-state index >= 15 is 0 Å². The number of hydrogen-bond acceptors (Lipinski definition) is 7. The summed E-state index contributed by atoms with van der Waals surface area (Å²) < 4.78 is 58.5. The molecule has 0 radical (unpaired) electrons. The average Bonchev–Trinajstić information content (AvgIpc) is 2.69. The number of methoxy groups -OCH3 is 1. The van der Waals surface area contributed by atoms with Gasteiger partial charge in [0.2, 0.25) is 26.0 Å². The summed E-state index contributed by atoms with van der Waals surface area (Å²) >= 11 is 0. The summed E-state index contributed by atoms with van der Waals surface area (Å²) in [6, 6.07) is 3.84. The number of anilines is 1. The zero-order chi connectivity index (χ0) is 20.6. The van der Waals surface area contributed by atoms with E-state index in [1.165, 1.54) is 33.1 Å². The second-order valence-corrected chi connectivity index (χ2v) is 10.8. The van der Waals surface area contributed by atoms with Crippen LogP contribution in [0.15, 0.2) is 23.1 Å². The largest absolute Gasteiger partial charge is 0.495 e. The highest BCUT2D eigenvalue weighted by Gasteiger charge is 2.50. The number of carbonyl (C=O) groups excluding carboxylic acids is 1. The molecule has 0 aromatic heterocycles. The first-order chi connectivity index (χ1) is 12.3. The molecule has 1 amide bonds. The first-order valence-electron chi connectivity index (χ1n) is 8.22. The minimum Gasteiger partial charge on any atom is -0.495 e. The Balaban J connectivity index is 2.48. The Bertz CT molecular complexity index is 939. The molecule has 1 aromatic carbocycles. The smallest absolute Gasteiger partial charge is 0.247 e. The number of hydrogen-bond donors (Lipinski definition) is 1. The Morgan fingerprint density at radius 3 is 2.41 bits per heavy atom.